The third kappa shape index (κ3) is 11.0. The molecule has 0 bridgehead atoms. The molecule has 0 aliphatic carbocycles. The number of aliphatic hydroxyl groups excluding tert-OH is 1. The van der Waals surface area contributed by atoms with Gasteiger partial charge in [0.05, 0.1) is 12.6 Å². The monoisotopic (exact) mass is 512 g/mol. The number of phenols is 1. The van der Waals surface area contributed by atoms with Crippen molar-refractivity contribution in [3.63, 3.8) is 0 Å². The Bertz CT molecular complexity index is 851. The van der Waals surface area contributed by atoms with Gasteiger partial charge in [-0.3, -0.25) is 14.4 Å². The molecule has 0 aliphatic rings. The Balaban J connectivity index is 3.08. The van der Waals surface area contributed by atoms with Crippen LogP contribution in [0.15, 0.2) is 24.3 Å². The van der Waals surface area contributed by atoms with Crippen LogP contribution in [0.25, 0.3) is 0 Å². The first kappa shape index (κ1) is 30.2. The number of aromatic hydroxyl groups is 1. The maximum absolute atomic E-state index is 13.1. The highest BCUT2D eigenvalue weighted by molar-refractivity contribution is 7.98. The number of benzene rings is 1. The Hall–Kier alpha value is -2.83. The number of aliphatic carboxylic acids is 1. The van der Waals surface area contributed by atoms with Crippen LogP contribution in [-0.4, -0.2) is 81.8 Å². The summed E-state index contributed by atoms with van der Waals surface area (Å²) in [6.45, 7) is 2.92. The third-order valence-corrected chi connectivity index (χ3v) is 5.76. The molecule has 4 unspecified atom stereocenters. The van der Waals surface area contributed by atoms with Crippen molar-refractivity contribution in [3.05, 3.63) is 29.8 Å². The van der Waals surface area contributed by atoms with Crippen LogP contribution < -0.4 is 21.7 Å². The summed E-state index contributed by atoms with van der Waals surface area (Å²) in [5.74, 6) is -2.63. The Kier molecular flexibility index (Phi) is 13.1. The van der Waals surface area contributed by atoms with Gasteiger partial charge in [-0.1, -0.05) is 26.0 Å². The van der Waals surface area contributed by atoms with Crippen LogP contribution >= 0.6 is 11.8 Å². The summed E-state index contributed by atoms with van der Waals surface area (Å²) in [6, 6.07) is 1.42. The van der Waals surface area contributed by atoms with Gasteiger partial charge >= 0.3 is 5.97 Å². The quantitative estimate of drug-likeness (QED) is 0.164. The van der Waals surface area contributed by atoms with Gasteiger partial charge in [-0.05, 0) is 48.5 Å². The topological polar surface area (TPSA) is 191 Å². The highest BCUT2D eigenvalue weighted by Gasteiger charge is 2.30. The number of hydrogen-bond donors (Lipinski definition) is 7. The molecule has 0 radical (unpaired) electrons. The number of nitrogens with two attached hydrogens (primary N) is 1. The lowest BCUT2D eigenvalue weighted by molar-refractivity contribution is -0.143. The minimum atomic E-state index is -1.55. The highest BCUT2D eigenvalue weighted by Crippen LogP contribution is 2.13. The lowest BCUT2D eigenvalue weighted by Crippen LogP contribution is -2.58. The van der Waals surface area contributed by atoms with Gasteiger partial charge in [0.15, 0.2) is 0 Å². The van der Waals surface area contributed by atoms with Gasteiger partial charge in [-0.25, -0.2) is 4.79 Å². The van der Waals surface area contributed by atoms with Gasteiger partial charge in [-0.15, -0.1) is 0 Å². The van der Waals surface area contributed by atoms with Crippen molar-refractivity contribution in [2.24, 2.45) is 11.7 Å². The van der Waals surface area contributed by atoms with E-state index in [4.69, 9.17) is 10.8 Å². The lowest BCUT2D eigenvalue weighted by Gasteiger charge is -2.26. The molecule has 35 heavy (non-hydrogen) atoms. The van der Waals surface area contributed by atoms with Crippen LogP contribution in [0.4, 0.5) is 0 Å². The van der Waals surface area contributed by atoms with E-state index in [1.807, 2.05) is 20.1 Å². The Morgan fingerprint density at radius 2 is 1.49 bits per heavy atom. The van der Waals surface area contributed by atoms with E-state index in [-0.39, 0.29) is 24.5 Å². The molecule has 8 N–H and O–H groups in total. The third-order valence-electron chi connectivity index (χ3n) is 5.12. The largest absolute Gasteiger partial charge is 0.508 e. The van der Waals surface area contributed by atoms with Crippen LogP contribution in [0.5, 0.6) is 5.75 Å². The van der Waals surface area contributed by atoms with Crippen molar-refractivity contribution in [1.82, 2.24) is 16.0 Å². The molecular weight excluding hydrogens is 476 g/mol. The number of carbonyl (C=O) groups excluding carboxylic acids is 3. The fourth-order valence-electron chi connectivity index (χ4n) is 3.16. The van der Waals surface area contributed by atoms with Gasteiger partial charge in [0.2, 0.25) is 17.7 Å². The van der Waals surface area contributed by atoms with E-state index in [0.717, 1.165) is 0 Å². The molecule has 12 heteroatoms. The lowest BCUT2D eigenvalue weighted by atomic mass is 10.0. The molecule has 0 heterocycles. The molecule has 196 valence electrons. The molecule has 0 saturated carbocycles. The molecule has 11 nitrogen and oxygen atoms in total. The maximum atomic E-state index is 13.1. The Morgan fingerprint density at radius 3 is 2.00 bits per heavy atom. The van der Waals surface area contributed by atoms with Crippen LogP contribution in [0.3, 0.4) is 0 Å². The van der Waals surface area contributed by atoms with Gasteiger partial charge in [-0.2, -0.15) is 11.8 Å². The van der Waals surface area contributed by atoms with E-state index in [1.54, 1.807) is 23.9 Å². The minimum Gasteiger partial charge on any atom is -0.508 e. The normalized spacial score (nSPS) is 14.5. The summed E-state index contributed by atoms with van der Waals surface area (Å²) in [6.07, 6.45) is 2.59. The fraction of sp³-hybridized carbons (Fsp3) is 0.565. The molecule has 0 saturated heterocycles. The molecule has 1 aromatic rings. The van der Waals surface area contributed by atoms with Gasteiger partial charge in [0.1, 0.15) is 23.9 Å². The summed E-state index contributed by atoms with van der Waals surface area (Å²) < 4.78 is 0. The van der Waals surface area contributed by atoms with Crippen LogP contribution in [-0.2, 0) is 25.6 Å². The van der Waals surface area contributed by atoms with Crippen LogP contribution in [0, 0.1) is 5.92 Å². The molecule has 1 rings (SSSR count). The van der Waals surface area contributed by atoms with E-state index in [2.05, 4.69) is 16.0 Å². The average molecular weight is 513 g/mol. The second kappa shape index (κ2) is 15.2. The number of nitrogens with one attached hydrogen (secondary N) is 3. The zero-order chi connectivity index (χ0) is 26.5. The molecule has 0 aliphatic heterocycles. The molecular formula is C23H36N4O7S. The molecule has 3 amide bonds. The number of aliphatic hydroxyl groups is 1. The SMILES string of the molecule is CSCCC(N)C(=O)NC(CC(C)C)C(=O)NC(Cc1ccc(O)cc1)C(=O)NC(CO)C(=O)O. The predicted octanol–water partition coefficient (Wildman–Crippen LogP) is -0.407. The van der Waals surface area contributed by atoms with Gasteiger partial charge < -0.3 is 37.0 Å². The number of phenolic OH excluding ortho intramolecular Hbond substituents is 1. The standard InChI is InChI=1S/C23H36N4O7S/c1-13(2)10-17(25-20(30)16(24)8-9-35-3)21(31)26-18(11-14-4-6-15(29)7-5-14)22(32)27-19(12-28)23(33)34/h4-7,13,16-19,28-29H,8-12,24H2,1-3H3,(H,25,30)(H,26,31)(H,27,32)(H,33,34). The van der Waals surface area contributed by atoms with Crippen molar-refractivity contribution in [1.29, 1.82) is 0 Å². The number of carbonyl (C=O) groups is 4. The summed E-state index contributed by atoms with van der Waals surface area (Å²) >= 11 is 1.55. The molecule has 0 aromatic heterocycles. The number of amides is 3. The van der Waals surface area contributed by atoms with E-state index in [1.165, 1.54) is 12.1 Å². The van der Waals surface area contributed by atoms with Crippen molar-refractivity contribution < 1.29 is 34.5 Å². The number of carboxylic acid groups (broad SMARTS) is 1. The van der Waals surface area contributed by atoms with E-state index in [9.17, 15) is 29.4 Å². The summed E-state index contributed by atoms with van der Waals surface area (Å²) in [5.41, 5.74) is 6.51. The highest BCUT2D eigenvalue weighted by atomic mass is 32.2. The van der Waals surface area contributed by atoms with E-state index >= 15 is 0 Å². The second-order valence-corrected chi connectivity index (χ2v) is 9.58. The summed E-state index contributed by atoms with van der Waals surface area (Å²) in [5, 5.41) is 35.4. The van der Waals surface area contributed by atoms with Gasteiger partial charge in [0, 0.05) is 6.42 Å². The van der Waals surface area contributed by atoms with E-state index in [0.29, 0.717) is 17.7 Å². The Morgan fingerprint density at radius 1 is 0.943 bits per heavy atom. The number of hydrogen-bond acceptors (Lipinski definition) is 8. The number of thioether (sulfide) groups is 1. The Labute approximate surface area is 209 Å². The number of rotatable bonds is 15. The van der Waals surface area contributed by atoms with Crippen LogP contribution in [0.2, 0.25) is 0 Å². The first-order valence-electron chi connectivity index (χ1n) is 11.3. The fourth-order valence-corrected chi connectivity index (χ4v) is 3.65. The van der Waals surface area contributed by atoms with Crippen molar-refractivity contribution >= 4 is 35.5 Å². The van der Waals surface area contributed by atoms with Crippen molar-refractivity contribution in [3.8, 4) is 5.75 Å². The molecule has 1 aromatic carbocycles. The maximum Gasteiger partial charge on any atom is 0.328 e. The first-order chi connectivity index (χ1) is 16.5. The number of carboxylic acids is 1. The van der Waals surface area contributed by atoms with Crippen molar-refractivity contribution in [2.45, 2.75) is 57.3 Å². The predicted molar refractivity (Wildman–Crippen MR) is 133 cm³/mol. The summed E-state index contributed by atoms with van der Waals surface area (Å²) in [7, 11) is 0. The average Bonchev–Trinajstić information content (AvgIpc) is 2.80. The van der Waals surface area contributed by atoms with Gasteiger partial charge in [0.25, 0.3) is 0 Å². The summed E-state index contributed by atoms with van der Waals surface area (Å²) in [4.78, 5) is 49.8. The van der Waals surface area contributed by atoms with E-state index < -0.39 is 54.5 Å². The van der Waals surface area contributed by atoms with Crippen molar-refractivity contribution in [2.75, 3.05) is 18.6 Å². The zero-order valence-electron chi connectivity index (χ0n) is 20.2. The molecule has 4 atom stereocenters. The molecule has 0 spiro atoms. The molecule has 0 fully saturated rings. The zero-order valence-corrected chi connectivity index (χ0v) is 21.0. The smallest absolute Gasteiger partial charge is 0.328 e. The first-order valence-corrected chi connectivity index (χ1v) is 12.6. The minimum absolute atomic E-state index is 0.0162. The second-order valence-electron chi connectivity index (χ2n) is 8.59. The van der Waals surface area contributed by atoms with Crippen LogP contribution in [0.1, 0.15) is 32.3 Å².